The largest absolute Gasteiger partial charge is 0.379 e. The Kier molecular flexibility index (Phi) is 10.8. The van der Waals surface area contributed by atoms with E-state index < -0.39 is 26.5 Å². The maximum Gasteiger partial charge on any atom is 0.293 e. The summed E-state index contributed by atoms with van der Waals surface area (Å²) in [6.45, 7) is 4.70. The monoisotopic (exact) mass is 709 g/mol. The quantitative estimate of drug-likeness (QED) is 0.0789. The third-order valence-electron chi connectivity index (χ3n) is 7.35. The summed E-state index contributed by atoms with van der Waals surface area (Å²) in [5.74, 6) is -0.166. The molecule has 0 bridgehead atoms. The molecule has 1 fully saturated rings. The summed E-state index contributed by atoms with van der Waals surface area (Å²) in [5, 5.41) is 14.7. The number of amides is 1. The highest BCUT2D eigenvalue weighted by atomic mass is 79.9. The van der Waals surface area contributed by atoms with Gasteiger partial charge in [0.2, 0.25) is 0 Å². The Hall–Kier alpha value is -3.91. The van der Waals surface area contributed by atoms with Crippen molar-refractivity contribution in [3.8, 4) is 0 Å². The molecule has 234 valence electrons. The number of nitrogens with one attached hydrogen (secondary N) is 2. The first-order valence-electron chi connectivity index (χ1n) is 14.3. The minimum absolute atomic E-state index is 0.165. The number of hydrogen-bond acceptors (Lipinski definition) is 9. The standard InChI is InChI=1S/C32H32BrN5O5S2/c33-29-9-5-4-6-25(29)23-36-17-19-37(20-18-36)26-12-10-24(11-13-26)32(39)35-45(42,43)28-14-15-30(31(22-28)38(40)41)34-16-21-44-27-7-2-1-3-8-27/h1-15,22,34H,16-21,23H2,(H,35,39). The lowest BCUT2D eigenvalue weighted by atomic mass is 10.1. The summed E-state index contributed by atoms with van der Waals surface area (Å²) in [5.41, 5.74) is 2.15. The summed E-state index contributed by atoms with van der Waals surface area (Å²) in [6.07, 6.45) is 0. The van der Waals surface area contributed by atoms with E-state index in [0.717, 1.165) is 53.8 Å². The van der Waals surface area contributed by atoms with E-state index in [4.69, 9.17) is 0 Å². The highest BCUT2D eigenvalue weighted by Crippen LogP contribution is 2.28. The molecule has 1 aliphatic rings. The van der Waals surface area contributed by atoms with Gasteiger partial charge in [-0.3, -0.25) is 19.8 Å². The van der Waals surface area contributed by atoms with Gasteiger partial charge in [-0.05, 0) is 60.2 Å². The number of piperazine rings is 1. The molecule has 0 aliphatic carbocycles. The molecule has 1 aliphatic heterocycles. The zero-order chi connectivity index (χ0) is 31.8. The van der Waals surface area contributed by atoms with E-state index in [0.29, 0.717) is 12.3 Å². The fraction of sp³-hybridized carbons (Fsp3) is 0.219. The molecule has 0 atom stereocenters. The molecule has 4 aromatic carbocycles. The van der Waals surface area contributed by atoms with Gasteiger partial charge in [-0.1, -0.05) is 52.3 Å². The second kappa shape index (κ2) is 14.9. The fourth-order valence-corrected chi connectivity index (χ4v) is 7.14. The van der Waals surface area contributed by atoms with Crippen molar-refractivity contribution >= 4 is 60.7 Å². The van der Waals surface area contributed by atoms with E-state index >= 15 is 0 Å². The molecule has 1 heterocycles. The van der Waals surface area contributed by atoms with Crippen LogP contribution in [0.5, 0.6) is 0 Å². The van der Waals surface area contributed by atoms with Crippen molar-refractivity contribution < 1.29 is 18.1 Å². The van der Waals surface area contributed by atoms with Crippen LogP contribution in [0.3, 0.4) is 0 Å². The summed E-state index contributed by atoms with van der Waals surface area (Å²) in [4.78, 5) is 29.3. The Bertz CT molecular complexity index is 1750. The molecule has 5 rings (SSSR count). The molecule has 0 aromatic heterocycles. The number of rotatable bonds is 12. The van der Waals surface area contributed by atoms with Crippen LogP contribution >= 0.6 is 27.7 Å². The number of thioether (sulfide) groups is 1. The Balaban J connectivity index is 1.16. The zero-order valence-corrected chi connectivity index (χ0v) is 27.5. The summed E-state index contributed by atoms with van der Waals surface area (Å²) < 4.78 is 29.2. The van der Waals surface area contributed by atoms with E-state index in [1.165, 1.54) is 17.7 Å². The highest BCUT2D eigenvalue weighted by Gasteiger charge is 2.24. The molecule has 2 N–H and O–H groups in total. The highest BCUT2D eigenvalue weighted by molar-refractivity contribution is 9.10. The minimum atomic E-state index is -4.36. The van der Waals surface area contributed by atoms with E-state index in [1.54, 1.807) is 36.0 Å². The van der Waals surface area contributed by atoms with Crippen molar-refractivity contribution in [3.05, 3.63) is 123 Å². The average Bonchev–Trinajstić information content (AvgIpc) is 3.05. The van der Waals surface area contributed by atoms with Crippen LogP contribution in [-0.2, 0) is 16.6 Å². The number of nitro groups is 1. The van der Waals surface area contributed by atoms with Gasteiger partial charge in [0.05, 0.1) is 9.82 Å². The predicted octanol–water partition coefficient (Wildman–Crippen LogP) is 6.00. The first-order valence-corrected chi connectivity index (χ1v) is 17.5. The number of sulfonamides is 1. The van der Waals surface area contributed by atoms with Gasteiger partial charge < -0.3 is 10.2 Å². The maximum absolute atomic E-state index is 13.0. The van der Waals surface area contributed by atoms with Crippen molar-refractivity contribution in [2.24, 2.45) is 0 Å². The second-order valence-corrected chi connectivity index (χ2v) is 14.1. The molecule has 10 nitrogen and oxygen atoms in total. The van der Waals surface area contributed by atoms with Crippen molar-refractivity contribution in [2.45, 2.75) is 16.3 Å². The van der Waals surface area contributed by atoms with Gasteiger partial charge >= 0.3 is 0 Å². The Morgan fingerprint density at radius 3 is 2.29 bits per heavy atom. The third-order valence-corrected chi connectivity index (χ3v) is 10.5. The number of hydrogen-bond donors (Lipinski definition) is 2. The number of carbonyl (C=O) groups is 1. The number of anilines is 2. The Morgan fingerprint density at radius 1 is 0.911 bits per heavy atom. The first-order chi connectivity index (χ1) is 21.7. The molecule has 0 unspecified atom stereocenters. The van der Waals surface area contributed by atoms with Crippen LogP contribution in [0.1, 0.15) is 15.9 Å². The van der Waals surface area contributed by atoms with E-state index in [2.05, 4.69) is 37.1 Å². The van der Waals surface area contributed by atoms with Gasteiger partial charge in [0.1, 0.15) is 5.69 Å². The van der Waals surface area contributed by atoms with Crippen LogP contribution in [0.4, 0.5) is 17.1 Å². The first kappa shape index (κ1) is 32.5. The molecule has 1 amide bonds. The van der Waals surface area contributed by atoms with Crippen molar-refractivity contribution in [3.63, 3.8) is 0 Å². The van der Waals surface area contributed by atoms with Crippen molar-refractivity contribution in [1.29, 1.82) is 0 Å². The normalized spacial score (nSPS) is 13.8. The molecular weight excluding hydrogens is 678 g/mol. The number of halogens is 1. The van der Waals surface area contributed by atoms with E-state index in [9.17, 15) is 23.3 Å². The Morgan fingerprint density at radius 2 is 1.60 bits per heavy atom. The minimum Gasteiger partial charge on any atom is -0.379 e. The van der Waals surface area contributed by atoms with Gasteiger partial charge in [0.15, 0.2) is 0 Å². The SMILES string of the molecule is O=C(NS(=O)(=O)c1ccc(NCCSc2ccccc2)c([N+](=O)[O-])c1)c1ccc(N2CCN(Cc3ccccc3Br)CC2)cc1. The predicted molar refractivity (Wildman–Crippen MR) is 181 cm³/mol. The molecule has 13 heteroatoms. The smallest absolute Gasteiger partial charge is 0.293 e. The van der Waals surface area contributed by atoms with Crippen LogP contribution in [-0.4, -0.2) is 62.6 Å². The second-order valence-electron chi connectivity index (χ2n) is 10.4. The lowest BCUT2D eigenvalue weighted by Gasteiger charge is -2.36. The lowest BCUT2D eigenvalue weighted by Crippen LogP contribution is -2.46. The third kappa shape index (κ3) is 8.63. The molecular formula is C32H32BrN5O5S2. The average molecular weight is 711 g/mol. The van der Waals surface area contributed by atoms with Crippen LogP contribution in [0.2, 0.25) is 0 Å². The van der Waals surface area contributed by atoms with E-state index in [-0.39, 0.29) is 16.1 Å². The van der Waals surface area contributed by atoms with Gasteiger partial charge in [-0.25, -0.2) is 13.1 Å². The van der Waals surface area contributed by atoms with Gasteiger partial charge in [0, 0.05) is 71.7 Å². The molecule has 0 saturated carbocycles. The van der Waals surface area contributed by atoms with Gasteiger partial charge in [-0.2, -0.15) is 0 Å². The molecule has 0 spiro atoms. The van der Waals surface area contributed by atoms with Gasteiger partial charge in [-0.15, -0.1) is 11.8 Å². The number of nitro benzene ring substituents is 1. The number of nitrogens with zero attached hydrogens (tertiary/aromatic N) is 3. The zero-order valence-electron chi connectivity index (χ0n) is 24.3. The molecule has 1 saturated heterocycles. The Labute approximate surface area is 275 Å². The van der Waals surface area contributed by atoms with Crippen LogP contribution in [0.25, 0.3) is 0 Å². The fourth-order valence-electron chi connectivity index (χ4n) is 4.95. The van der Waals surface area contributed by atoms with Crippen LogP contribution in [0.15, 0.2) is 111 Å². The summed E-state index contributed by atoms with van der Waals surface area (Å²) in [7, 11) is -4.36. The van der Waals surface area contributed by atoms with Crippen molar-refractivity contribution in [2.75, 3.05) is 48.7 Å². The molecule has 0 radical (unpaired) electrons. The van der Waals surface area contributed by atoms with Gasteiger partial charge in [0.25, 0.3) is 21.6 Å². The topological polar surface area (TPSA) is 125 Å². The maximum atomic E-state index is 13.0. The molecule has 45 heavy (non-hydrogen) atoms. The lowest BCUT2D eigenvalue weighted by molar-refractivity contribution is -0.384. The van der Waals surface area contributed by atoms with Crippen LogP contribution in [0, 0.1) is 10.1 Å². The van der Waals surface area contributed by atoms with Crippen LogP contribution < -0.4 is 14.9 Å². The summed E-state index contributed by atoms with van der Waals surface area (Å²) >= 11 is 5.21. The van der Waals surface area contributed by atoms with Crippen molar-refractivity contribution in [1.82, 2.24) is 9.62 Å². The van der Waals surface area contributed by atoms with E-state index in [1.807, 2.05) is 53.3 Å². The summed E-state index contributed by atoms with van der Waals surface area (Å²) in [6, 6.07) is 28.2. The number of benzene rings is 4. The number of carbonyl (C=O) groups excluding carboxylic acids is 1. The molecule has 4 aromatic rings.